The Morgan fingerprint density at radius 2 is 1.88 bits per heavy atom. The van der Waals surface area contributed by atoms with Crippen LogP contribution in [0.3, 0.4) is 0 Å². The molecule has 0 aromatic heterocycles. The van der Waals surface area contributed by atoms with Crippen molar-refractivity contribution in [2.75, 3.05) is 0 Å². The summed E-state index contributed by atoms with van der Waals surface area (Å²) in [5.41, 5.74) is 1.17. The molecule has 0 saturated heterocycles. The molecule has 0 radical (unpaired) electrons. The number of carbonyl (C=O) groups excluding carboxylic acids is 1. The highest BCUT2D eigenvalue weighted by Gasteiger charge is 2.12. The lowest BCUT2D eigenvalue weighted by Crippen LogP contribution is -2.08. The van der Waals surface area contributed by atoms with Gasteiger partial charge in [-0.1, -0.05) is 24.3 Å². The van der Waals surface area contributed by atoms with Gasteiger partial charge in [-0.05, 0) is 36.8 Å². The normalized spacial score (nSPS) is 9.94. The fourth-order valence-electron chi connectivity index (χ4n) is 1.49. The summed E-state index contributed by atoms with van der Waals surface area (Å²) >= 11 is 0. The molecular formula is C14H12O3. The monoisotopic (exact) mass is 228 g/mol. The van der Waals surface area contributed by atoms with Crippen LogP contribution in [0.5, 0.6) is 11.5 Å². The van der Waals surface area contributed by atoms with Crippen molar-refractivity contribution in [3.8, 4) is 11.5 Å². The summed E-state index contributed by atoms with van der Waals surface area (Å²) in [6.45, 7) is 1.91. The van der Waals surface area contributed by atoms with Crippen molar-refractivity contribution in [2.24, 2.45) is 0 Å². The van der Waals surface area contributed by atoms with Crippen LogP contribution >= 0.6 is 0 Å². The minimum absolute atomic E-state index is 0.0786. The van der Waals surface area contributed by atoms with Gasteiger partial charge in [0, 0.05) is 0 Å². The van der Waals surface area contributed by atoms with Crippen LogP contribution in [-0.4, -0.2) is 11.1 Å². The maximum Gasteiger partial charge on any atom is 0.347 e. The highest BCUT2D eigenvalue weighted by atomic mass is 16.5. The van der Waals surface area contributed by atoms with Crippen LogP contribution in [0.15, 0.2) is 48.5 Å². The molecule has 86 valence electrons. The van der Waals surface area contributed by atoms with E-state index in [-0.39, 0.29) is 11.3 Å². The van der Waals surface area contributed by atoms with Crippen molar-refractivity contribution in [3.05, 3.63) is 59.7 Å². The molecule has 0 atom stereocenters. The van der Waals surface area contributed by atoms with Crippen LogP contribution in [0, 0.1) is 6.92 Å². The second-order valence-electron chi connectivity index (χ2n) is 3.72. The summed E-state index contributed by atoms with van der Waals surface area (Å²) in [4.78, 5) is 11.8. The number of rotatable bonds is 2. The Morgan fingerprint density at radius 1 is 1.12 bits per heavy atom. The van der Waals surface area contributed by atoms with Gasteiger partial charge in [-0.25, -0.2) is 4.79 Å². The van der Waals surface area contributed by atoms with Crippen molar-refractivity contribution in [1.29, 1.82) is 0 Å². The van der Waals surface area contributed by atoms with Gasteiger partial charge in [0.15, 0.2) is 0 Å². The number of hydrogen-bond donors (Lipinski definition) is 1. The highest BCUT2D eigenvalue weighted by Crippen LogP contribution is 2.19. The first-order chi connectivity index (χ1) is 8.16. The van der Waals surface area contributed by atoms with Crippen molar-refractivity contribution in [1.82, 2.24) is 0 Å². The second-order valence-corrected chi connectivity index (χ2v) is 3.72. The maximum absolute atomic E-state index is 11.8. The molecule has 0 heterocycles. The van der Waals surface area contributed by atoms with Gasteiger partial charge in [0.05, 0.1) is 0 Å². The van der Waals surface area contributed by atoms with Gasteiger partial charge >= 0.3 is 5.97 Å². The Labute approximate surface area is 99.3 Å². The standard InChI is InChI=1S/C14H12O3/c1-10-5-4-6-11(9-10)17-14(16)12-7-2-3-8-13(12)15/h2-9,15H,1H3. The van der Waals surface area contributed by atoms with Crippen LogP contribution < -0.4 is 4.74 Å². The molecule has 1 N–H and O–H groups in total. The zero-order valence-corrected chi connectivity index (χ0v) is 9.38. The molecule has 0 fully saturated rings. The topological polar surface area (TPSA) is 46.5 Å². The molecular weight excluding hydrogens is 216 g/mol. The third kappa shape index (κ3) is 2.64. The van der Waals surface area contributed by atoms with E-state index in [1.165, 1.54) is 12.1 Å². The maximum atomic E-state index is 11.8. The zero-order valence-electron chi connectivity index (χ0n) is 9.38. The predicted octanol–water partition coefficient (Wildman–Crippen LogP) is 2.92. The van der Waals surface area contributed by atoms with E-state index in [0.717, 1.165) is 5.56 Å². The lowest BCUT2D eigenvalue weighted by molar-refractivity contribution is 0.0731. The SMILES string of the molecule is Cc1cccc(OC(=O)c2ccccc2O)c1. The molecule has 17 heavy (non-hydrogen) atoms. The second kappa shape index (κ2) is 4.70. The molecule has 2 aromatic rings. The number of hydrogen-bond acceptors (Lipinski definition) is 3. The molecule has 0 aliphatic heterocycles. The minimum Gasteiger partial charge on any atom is -0.507 e. The Hall–Kier alpha value is -2.29. The van der Waals surface area contributed by atoms with Gasteiger partial charge in [0.25, 0.3) is 0 Å². The summed E-state index contributed by atoms with van der Waals surface area (Å²) in [5, 5.41) is 9.51. The summed E-state index contributed by atoms with van der Waals surface area (Å²) in [5.74, 6) is -0.169. The number of carbonyl (C=O) groups is 1. The highest BCUT2D eigenvalue weighted by molar-refractivity contribution is 5.93. The van der Waals surface area contributed by atoms with E-state index in [1.54, 1.807) is 24.3 Å². The van der Waals surface area contributed by atoms with Crippen molar-refractivity contribution in [3.63, 3.8) is 0 Å². The number of esters is 1. The van der Waals surface area contributed by atoms with E-state index in [2.05, 4.69) is 0 Å². The molecule has 0 unspecified atom stereocenters. The number of para-hydroxylation sites is 1. The minimum atomic E-state index is -0.561. The van der Waals surface area contributed by atoms with E-state index in [0.29, 0.717) is 5.75 Å². The van der Waals surface area contributed by atoms with Crippen LogP contribution in [0.25, 0.3) is 0 Å². The first kappa shape index (κ1) is 11.2. The number of aromatic hydroxyl groups is 1. The summed E-state index contributed by atoms with van der Waals surface area (Å²) in [7, 11) is 0. The van der Waals surface area contributed by atoms with Crippen LogP contribution in [0.4, 0.5) is 0 Å². The molecule has 0 spiro atoms. The lowest BCUT2D eigenvalue weighted by Gasteiger charge is -2.06. The largest absolute Gasteiger partial charge is 0.507 e. The van der Waals surface area contributed by atoms with Crippen molar-refractivity contribution in [2.45, 2.75) is 6.92 Å². The van der Waals surface area contributed by atoms with Gasteiger partial charge in [-0.3, -0.25) is 0 Å². The molecule has 0 saturated carbocycles. The molecule has 0 aliphatic rings. The van der Waals surface area contributed by atoms with Gasteiger partial charge in [0.1, 0.15) is 17.1 Å². The van der Waals surface area contributed by atoms with Gasteiger partial charge in [0.2, 0.25) is 0 Å². The molecule has 2 aromatic carbocycles. The van der Waals surface area contributed by atoms with Gasteiger partial charge in [-0.15, -0.1) is 0 Å². The molecule has 0 bridgehead atoms. The molecule has 3 nitrogen and oxygen atoms in total. The summed E-state index contributed by atoms with van der Waals surface area (Å²) in [6.07, 6.45) is 0. The van der Waals surface area contributed by atoms with Crippen LogP contribution in [0.2, 0.25) is 0 Å². The third-order valence-electron chi connectivity index (χ3n) is 2.32. The van der Waals surface area contributed by atoms with E-state index in [1.807, 2.05) is 19.1 Å². The van der Waals surface area contributed by atoms with E-state index in [4.69, 9.17) is 4.74 Å². The molecule has 2 rings (SSSR count). The Morgan fingerprint density at radius 3 is 2.59 bits per heavy atom. The first-order valence-corrected chi connectivity index (χ1v) is 5.23. The smallest absolute Gasteiger partial charge is 0.347 e. The fraction of sp³-hybridized carbons (Fsp3) is 0.0714. The fourth-order valence-corrected chi connectivity index (χ4v) is 1.49. The van der Waals surface area contributed by atoms with Gasteiger partial charge in [-0.2, -0.15) is 0 Å². The summed E-state index contributed by atoms with van der Waals surface area (Å²) < 4.78 is 5.16. The predicted molar refractivity (Wildman–Crippen MR) is 64.2 cm³/mol. The Balaban J connectivity index is 2.20. The van der Waals surface area contributed by atoms with Crippen LogP contribution in [-0.2, 0) is 0 Å². The third-order valence-corrected chi connectivity index (χ3v) is 2.32. The number of phenols is 1. The van der Waals surface area contributed by atoms with Gasteiger partial charge < -0.3 is 9.84 Å². The lowest BCUT2D eigenvalue weighted by atomic mass is 10.2. The van der Waals surface area contributed by atoms with E-state index < -0.39 is 5.97 Å². The van der Waals surface area contributed by atoms with Crippen molar-refractivity contribution < 1.29 is 14.6 Å². The molecule has 0 aliphatic carbocycles. The molecule has 0 amide bonds. The average molecular weight is 228 g/mol. The van der Waals surface area contributed by atoms with Crippen LogP contribution in [0.1, 0.15) is 15.9 Å². The van der Waals surface area contributed by atoms with E-state index in [9.17, 15) is 9.90 Å². The summed E-state index contributed by atoms with van der Waals surface area (Å²) in [6, 6.07) is 13.5. The Bertz CT molecular complexity index is 547. The zero-order chi connectivity index (χ0) is 12.3. The number of aryl methyl sites for hydroxylation is 1. The number of phenolic OH excluding ortho intramolecular Hbond substituents is 1. The number of benzene rings is 2. The van der Waals surface area contributed by atoms with E-state index >= 15 is 0 Å². The average Bonchev–Trinajstić information content (AvgIpc) is 2.29. The Kier molecular flexibility index (Phi) is 3.10. The quantitative estimate of drug-likeness (QED) is 0.635. The molecule has 3 heteroatoms. The van der Waals surface area contributed by atoms with Crippen molar-refractivity contribution >= 4 is 5.97 Å². The first-order valence-electron chi connectivity index (χ1n) is 5.23. The number of ether oxygens (including phenoxy) is 1.